The molecule has 1 aromatic carbocycles. The average Bonchev–Trinajstić information content (AvgIpc) is 3.13. The maximum absolute atomic E-state index is 13.1. The number of methoxy groups -OCH3 is 1. The summed E-state index contributed by atoms with van der Waals surface area (Å²) in [6, 6.07) is 11.7. The lowest BCUT2D eigenvalue weighted by atomic mass is 10.0. The number of rotatable bonds is 5. The third kappa shape index (κ3) is 3.92. The Bertz CT molecular complexity index is 635. The fraction of sp³-hybridized carbons (Fsp3) is 0.389. The number of benzene rings is 1. The van der Waals surface area contributed by atoms with Gasteiger partial charge < -0.3 is 14.4 Å². The van der Waals surface area contributed by atoms with E-state index < -0.39 is 0 Å². The molecule has 0 unspecified atom stereocenters. The summed E-state index contributed by atoms with van der Waals surface area (Å²) < 4.78 is 10.7. The van der Waals surface area contributed by atoms with Crippen LogP contribution >= 0.6 is 11.3 Å². The van der Waals surface area contributed by atoms with Crippen molar-refractivity contribution in [1.82, 2.24) is 4.90 Å². The number of carbonyl (C=O) groups excluding carboxylic acids is 1. The second-order valence-corrected chi connectivity index (χ2v) is 6.62. The quantitative estimate of drug-likeness (QED) is 0.840. The van der Waals surface area contributed by atoms with Crippen molar-refractivity contribution in [1.29, 1.82) is 0 Å². The summed E-state index contributed by atoms with van der Waals surface area (Å²) in [6.45, 7) is 2.09. The van der Waals surface area contributed by atoms with Crippen LogP contribution in [-0.4, -0.2) is 37.2 Å². The number of nitrogens with zero attached hydrogens (tertiary/aromatic N) is 1. The Morgan fingerprint density at radius 2 is 2.13 bits per heavy atom. The Morgan fingerprint density at radius 3 is 2.83 bits per heavy atom. The van der Waals surface area contributed by atoms with E-state index in [1.54, 1.807) is 18.4 Å². The molecule has 1 fully saturated rings. The molecule has 1 aliphatic heterocycles. The van der Waals surface area contributed by atoms with Crippen molar-refractivity contribution in [2.75, 3.05) is 20.3 Å². The molecule has 0 bridgehead atoms. The number of amides is 1. The molecule has 0 spiro atoms. The van der Waals surface area contributed by atoms with Gasteiger partial charge >= 0.3 is 0 Å². The van der Waals surface area contributed by atoms with E-state index in [9.17, 15) is 4.79 Å². The Kier molecular flexibility index (Phi) is 5.31. The summed E-state index contributed by atoms with van der Waals surface area (Å²) >= 11 is 1.69. The highest BCUT2D eigenvalue weighted by Crippen LogP contribution is 2.23. The van der Waals surface area contributed by atoms with Crippen LogP contribution in [0, 0.1) is 0 Å². The van der Waals surface area contributed by atoms with Crippen LogP contribution in [0.1, 0.15) is 28.1 Å². The SMILES string of the molecule is COc1cccc(C(=O)N(Cc2cccs2)C2CCOCC2)c1. The largest absolute Gasteiger partial charge is 0.497 e. The molecule has 0 radical (unpaired) electrons. The van der Waals surface area contributed by atoms with Crippen LogP contribution in [0.4, 0.5) is 0 Å². The minimum absolute atomic E-state index is 0.0594. The van der Waals surface area contributed by atoms with E-state index in [2.05, 4.69) is 6.07 Å². The van der Waals surface area contributed by atoms with E-state index in [1.807, 2.05) is 40.6 Å². The van der Waals surface area contributed by atoms with E-state index in [-0.39, 0.29) is 11.9 Å². The normalized spacial score (nSPS) is 15.3. The first-order valence-corrected chi connectivity index (χ1v) is 8.71. The van der Waals surface area contributed by atoms with Crippen molar-refractivity contribution in [2.45, 2.75) is 25.4 Å². The molecule has 1 saturated heterocycles. The monoisotopic (exact) mass is 331 g/mol. The van der Waals surface area contributed by atoms with Gasteiger partial charge in [0.15, 0.2) is 0 Å². The zero-order valence-corrected chi connectivity index (χ0v) is 14.1. The van der Waals surface area contributed by atoms with Gasteiger partial charge in [0.25, 0.3) is 5.91 Å². The molecule has 4 nitrogen and oxygen atoms in total. The van der Waals surface area contributed by atoms with E-state index in [4.69, 9.17) is 9.47 Å². The molecule has 1 aliphatic rings. The van der Waals surface area contributed by atoms with Gasteiger partial charge in [-0.25, -0.2) is 0 Å². The number of thiophene rings is 1. The Balaban J connectivity index is 1.84. The maximum atomic E-state index is 13.1. The molecular formula is C18H21NO3S. The molecule has 1 amide bonds. The topological polar surface area (TPSA) is 38.8 Å². The zero-order valence-electron chi connectivity index (χ0n) is 13.2. The second kappa shape index (κ2) is 7.62. The molecule has 5 heteroatoms. The van der Waals surface area contributed by atoms with Crippen LogP contribution < -0.4 is 4.74 Å². The zero-order chi connectivity index (χ0) is 16.1. The predicted molar refractivity (Wildman–Crippen MR) is 91.0 cm³/mol. The third-order valence-corrected chi connectivity index (χ3v) is 4.98. The maximum Gasteiger partial charge on any atom is 0.254 e. The fourth-order valence-electron chi connectivity index (χ4n) is 2.86. The average molecular weight is 331 g/mol. The highest BCUT2D eigenvalue weighted by atomic mass is 32.1. The van der Waals surface area contributed by atoms with Crippen LogP contribution in [0.5, 0.6) is 5.75 Å². The highest BCUT2D eigenvalue weighted by Gasteiger charge is 2.27. The van der Waals surface area contributed by atoms with Gasteiger partial charge in [-0.2, -0.15) is 0 Å². The summed E-state index contributed by atoms with van der Waals surface area (Å²) in [4.78, 5) is 16.3. The van der Waals surface area contributed by atoms with Crippen LogP contribution in [0.15, 0.2) is 41.8 Å². The first-order valence-electron chi connectivity index (χ1n) is 7.83. The Labute approximate surface area is 140 Å². The Morgan fingerprint density at radius 1 is 1.30 bits per heavy atom. The van der Waals surface area contributed by atoms with Gasteiger partial charge in [-0.3, -0.25) is 4.79 Å². The van der Waals surface area contributed by atoms with Gasteiger partial charge in [-0.15, -0.1) is 11.3 Å². The lowest BCUT2D eigenvalue weighted by Crippen LogP contribution is -2.42. The molecule has 122 valence electrons. The van der Waals surface area contributed by atoms with Gasteiger partial charge in [0, 0.05) is 29.7 Å². The van der Waals surface area contributed by atoms with Crippen molar-refractivity contribution < 1.29 is 14.3 Å². The molecular weight excluding hydrogens is 310 g/mol. The Hall–Kier alpha value is -1.85. The molecule has 3 rings (SSSR count). The minimum Gasteiger partial charge on any atom is -0.497 e. The standard InChI is InChI=1S/C18H21NO3S/c1-21-16-5-2-4-14(12-16)18(20)19(13-17-6-3-11-23-17)15-7-9-22-10-8-15/h2-6,11-12,15H,7-10,13H2,1H3. The summed E-state index contributed by atoms with van der Waals surface area (Å²) in [6.07, 6.45) is 1.78. The van der Waals surface area contributed by atoms with Gasteiger partial charge in [0.05, 0.1) is 13.7 Å². The number of hydrogen-bond donors (Lipinski definition) is 0. The predicted octanol–water partition coefficient (Wildman–Crippen LogP) is 3.58. The van der Waals surface area contributed by atoms with Crippen LogP contribution in [0.2, 0.25) is 0 Å². The van der Waals surface area contributed by atoms with Crippen LogP contribution in [0.25, 0.3) is 0 Å². The van der Waals surface area contributed by atoms with Gasteiger partial charge in [0.1, 0.15) is 5.75 Å². The lowest BCUT2D eigenvalue weighted by molar-refractivity contribution is 0.0270. The highest BCUT2D eigenvalue weighted by molar-refractivity contribution is 7.09. The molecule has 0 saturated carbocycles. The molecule has 23 heavy (non-hydrogen) atoms. The van der Waals surface area contributed by atoms with E-state index >= 15 is 0 Å². The molecule has 0 N–H and O–H groups in total. The van der Waals surface area contributed by atoms with Crippen LogP contribution in [-0.2, 0) is 11.3 Å². The molecule has 2 heterocycles. The summed E-state index contributed by atoms with van der Waals surface area (Å²) in [5.74, 6) is 0.767. The van der Waals surface area contributed by atoms with E-state index in [0.717, 1.165) is 26.1 Å². The number of hydrogen-bond acceptors (Lipinski definition) is 4. The lowest BCUT2D eigenvalue weighted by Gasteiger charge is -2.34. The van der Waals surface area contributed by atoms with Crippen LogP contribution in [0.3, 0.4) is 0 Å². The smallest absolute Gasteiger partial charge is 0.254 e. The first kappa shape index (κ1) is 16.0. The summed E-state index contributed by atoms with van der Waals surface area (Å²) in [5.41, 5.74) is 0.674. The first-order chi connectivity index (χ1) is 11.3. The molecule has 0 aliphatic carbocycles. The summed E-state index contributed by atoms with van der Waals surface area (Å²) in [5, 5.41) is 2.05. The van der Waals surface area contributed by atoms with Crippen molar-refractivity contribution in [3.05, 3.63) is 52.2 Å². The number of ether oxygens (including phenoxy) is 2. The fourth-order valence-corrected chi connectivity index (χ4v) is 3.56. The third-order valence-electron chi connectivity index (χ3n) is 4.12. The van der Waals surface area contributed by atoms with Gasteiger partial charge in [0.2, 0.25) is 0 Å². The van der Waals surface area contributed by atoms with Crippen molar-refractivity contribution in [3.8, 4) is 5.75 Å². The minimum atomic E-state index is 0.0594. The number of carbonyl (C=O) groups is 1. The molecule has 1 aromatic heterocycles. The second-order valence-electron chi connectivity index (χ2n) is 5.59. The van der Waals surface area contributed by atoms with E-state index in [0.29, 0.717) is 17.9 Å². The van der Waals surface area contributed by atoms with Crippen molar-refractivity contribution in [3.63, 3.8) is 0 Å². The van der Waals surface area contributed by atoms with Gasteiger partial charge in [-0.05, 0) is 42.5 Å². The molecule has 0 atom stereocenters. The van der Waals surface area contributed by atoms with Crippen molar-refractivity contribution in [2.24, 2.45) is 0 Å². The molecule has 2 aromatic rings. The van der Waals surface area contributed by atoms with E-state index in [1.165, 1.54) is 4.88 Å². The summed E-state index contributed by atoms with van der Waals surface area (Å²) in [7, 11) is 1.62. The van der Waals surface area contributed by atoms with Gasteiger partial charge in [-0.1, -0.05) is 12.1 Å². The van der Waals surface area contributed by atoms with Crippen molar-refractivity contribution >= 4 is 17.2 Å².